The zero-order valence-corrected chi connectivity index (χ0v) is 16.0. The summed E-state index contributed by atoms with van der Waals surface area (Å²) in [6.45, 7) is -0.428. The third-order valence-electron chi connectivity index (χ3n) is 4.58. The quantitative estimate of drug-likeness (QED) is 0.380. The number of aromatic amines is 1. The van der Waals surface area contributed by atoms with Crippen LogP contribution in [0.15, 0.2) is 66.7 Å². The van der Waals surface area contributed by atoms with Gasteiger partial charge in [0, 0.05) is 11.1 Å². The second kappa shape index (κ2) is 8.16. The highest BCUT2D eigenvalue weighted by Crippen LogP contribution is 2.23. The average Bonchev–Trinajstić information content (AvgIpc) is 3.21. The van der Waals surface area contributed by atoms with Crippen molar-refractivity contribution in [2.45, 2.75) is 0 Å². The highest BCUT2D eigenvalue weighted by molar-refractivity contribution is 6.00. The first kappa shape index (κ1) is 19.3. The van der Waals surface area contributed by atoms with Gasteiger partial charge in [0.15, 0.2) is 12.4 Å². The molecule has 0 bridgehead atoms. The zero-order valence-electron chi connectivity index (χ0n) is 16.0. The molecule has 7 heteroatoms. The fourth-order valence-corrected chi connectivity index (χ4v) is 2.96. The van der Waals surface area contributed by atoms with Crippen LogP contribution in [0.1, 0.15) is 20.7 Å². The number of esters is 1. The molecule has 0 amide bonds. The molecule has 0 unspecified atom stereocenters. The molecule has 30 heavy (non-hydrogen) atoms. The third-order valence-corrected chi connectivity index (χ3v) is 4.58. The number of carbonyl (C=O) groups is 2. The first-order valence-electron chi connectivity index (χ1n) is 9.13. The zero-order chi connectivity index (χ0) is 21.1. The van der Waals surface area contributed by atoms with Crippen molar-refractivity contribution >= 4 is 22.8 Å². The number of Topliss-reactive ketones (excluding diaryl/α,β-unsaturated/α-hetero) is 1. The maximum Gasteiger partial charge on any atom is 0.338 e. The van der Waals surface area contributed by atoms with Crippen molar-refractivity contribution in [2.75, 3.05) is 13.7 Å². The SMILES string of the molecule is COc1ccc(-c2nc3ccc(C(=O)OCC(=O)c4ccc(F)cc4)cc3[nH]2)cc1. The summed E-state index contributed by atoms with van der Waals surface area (Å²) in [4.78, 5) is 32.1. The van der Waals surface area contributed by atoms with E-state index in [4.69, 9.17) is 9.47 Å². The molecule has 0 aliphatic carbocycles. The number of methoxy groups -OCH3 is 1. The van der Waals surface area contributed by atoms with Gasteiger partial charge >= 0.3 is 5.97 Å². The van der Waals surface area contributed by atoms with Gasteiger partial charge in [-0.3, -0.25) is 4.79 Å². The van der Waals surface area contributed by atoms with E-state index in [-0.39, 0.29) is 5.56 Å². The molecule has 4 rings (SSSR count). The van der Waals surface area contributed by atoms with E-state index in [1.165, 1.54) is 24.3 Å². The molecule has 0 aliphatic rings. The largest absolute Gasteiger partial charge is 0.497 e. The van der Waals surface area contributed by atoms with Gasteiger partial charge in [-0.1, -0.05) is 0 Å². The summed E-state index contributed by atoms with van der Waals surface area (Å²) in [5.41, 5.74) is 2.80. The number of hydrogen-bond donors (Lipinski definition) is 1. The standard InChI is InChI=1S/C23H17FN2O4/c1-29-18-9-4-15(5-10-18)22-25-19-11-6-16(12-20(19)26-22)23(28)30-13-21(27)14-2-7-17(24)8-3-14/h2-12H,13H2,1H3,(H,25,26). The second-order valence-corrected chi connectivity index (χ2v) is 6.55. The fourth-order valence-electron chi connectivity index (χ4n) is 2.96. The molecular weight excluding hydrogens is 387 g/mol. The summed E-state index contributed by atoms with van der Waals surface area (Å²) in [5, 5.41) is 0. The van der Waals surface area contributed by atoms with Gasteiger partial charge in [0.05, 0.1) is 23.7 Å². The maximum atomic E-state index is 12.9. The molecule has 4 aromatic rings. The topological polar surface area (TPSA) is 81.3 Å². The molecule has 0 fully saturated rings. The fraction of sp³-hybridized carbons (Fsp3) is 0.0870. The highest BCUT2D eigenvalue weighted by Gasteiger charge is 2.14. The van der Waals surface area contributed by atoms with Crippen molar-refractivity contribution in [2.24, 2.45) is 0 Å². The summed E-state index contributed by atoms with van der Waals surface area (Å²) in [5.74, 6) is -0.0779. The number of fused-ring (bicyclic) bond motifs is 1. The molecule has 0 radical (unpaired) electrons. The van der Waals surface area contributed by atoms with Crippen LogP contribution < -0.4 is 4.74 Å². The van der Waals surface area contributed by atoms with Gasteiger partial charge < -0.3 is 14.5 Å². The van der Waals surface area contributed by atoms with Crippen LogP contribution in [-0.4, -0.2) is 35.4 Å². The monoisotopic (exact) mass is 404 g/mol. The number of aromatic nitrogens is 2. The molecule has 150 valence electrons. The number of benzene rings is 3. The van der Waals surface area contributed by atoms with Crippen molar-refractivity contribution in [3.8, 4) is 17.1 Å². The number of rotatable bonds is 6. The number of carbonyl (C=O) groups excluding carboxylic acids is 2. The van der Waals surface area contributed by atoms with Crippen LogP contribution in [0.3, 0.4) is 0 Å². The minimum atomic E-state index is -0.632. The number of halogens is 1. The smallest absolute Gasteiger partial charge is 0.338 e. The van der Waals surface area contributed by atoms with Crippen LogP contribution in [0.25, 0.3) is 22.4 Å². The van der Waals surface area contributed by atoms with Crippen molar-refractivity contribution in [1.29, 1.82) is 0 Å². The lowest BCUT2D eigenvalue weighted by atomic mass is 10.1. The van der Waals surface area contributed by atoms with Gasteiger partial charge in [-0.25, -0.2) is 14.2 Å². The predicted octanol–water partition coefficient (Wildman–Crippen LogP) is 4.42. The number of hydrogen-bond acceptors (Lipinski definition) is 5. The number of nitrogens with one attached hydrogen (secondary N) is 1. The molecule has 0 atom stereocenters. The molecule has 1 aromatic heterocycles. The molecule has 0 spiro atoms. The van der Waals surface area contributed by atoms with E-state index in [2.05, 4.69) is 9.97 Å². The van der Waals surface area contributed by atoms with Crippen LogP contribution in [0, 0.1) is 5.82 Å². The van der Waals surface area contributed by atoms with Crippen LogP contribution in [-0.2, 0) is 4.74 Å². The average molecular weight is 404 g/mol. The lowest BCUT2D eigenvalue weighted by Crippen LogP contribution is -2.14. The number of ether oxygens (including phenoxy) is 2. The Balaban J connectivity index is 1.47. The Kier molecular flexibility index (Phi) is 5.26. The van der Waals surface area contributed by atoms with E-state index in [9.17, 15) is 14.0 Å². The molecule has 3 aromatic carbocycles. The van der Waals surface area contributed by atoms with Crippen LogP contribution >= 0.6 is 0 Å². The molecule has 1 heterocycles. The van der Waals surface area contributed by atoms with E-state index >= 15 is 0 Å². The molecule has 0 aliphatic heterocycles. The van der Waals surface area contributed by atoms with Crippen molar-refractivity contribution < 1.29 is 23.5 Å². The van der Waals surface area contributed by atoms with E-state index in [1.807, 2.05) is 24.3 Å². The van der Waals surface area contributed by atoms with Gasteiger partial charge in [-0.05, 0) is 66.7 Å². The summed E-state index contributed by atoms with van der Waals surface area (Å²) in [6, 6.07) is 17.4. The normalized spacial score (nSPS) is 10.7. The molecule has 6 nitrogen and oxygen atoms in total. The Bertz CT molecular complexity index is 1210. The number of H-pyrrole nitrogens is 1. The van der Waals surface area contributed by atoms with Crippen LogP contribution in [0.4, 0.5) is 4.39 Å². The minimum absolute atomic E-state index is 0.275. The number of nitrogens with zero attached hydrogens (tertiary/aromatic N) is 1. The molecule has 1 N–H and O–H groups in total. The van der Waals surface area contributed by atoms with Gasteiger partial charge in [-0.15, -0.1) is 0 Å². The van der Waals surface area contributed by atoms with Crippen LogP contribution in [0.5, 0.6) is 5.75 Å². The van der Waals surface area contributed by atoms with Crippen molar-refractivity contribution in [3.63, 3.8) is 0 Å². The molecule has 0 saturated heterocycles. The number of imidazole rings is 1. The van der Waals surface area contributed by atoms with E-state index in [0.29, 0.717) is 22.4 Å². The van der Waals surface area contributed by atoms with Crippen LogP contribution in [0.2, 0.25) is 0 Å². The lowest BCUT2D eigenvalue weighted by Gasteiger charge is -2.04. The van der Waals surface area contributed by atoms with Gasteiger partial charge in [0.25, 0.3) is 0 Å². The Morgan fingerprint density at radius 3 is 2.37 bits per heavy atom. The molecule has 0 saturated carbocycles. The highest BCUT2D eigenvalue weighted by atomic mass is 19.1. The van der Waals surface area contributed by atoms with Crippen molar-refractivity contribution in [3.05, 3.63) is 83.7 Å². The maximum absolute atomic E-state index is 12.9. The Hall–Kier alpha value is -4.00. The number of ketones is 1. The summed E-state index contributed by atoms with van der Waals surface area (Å²) < 4.78 is 23.2. The lowest BCUT2D eigenvalue weighted by molar-refractivity contribution is 0.0475. The summed E-state index contributed by atoms with van der Waals surface area (Å²) in [6.07, 6.45) is 0. The van der Waals surface area contributed by atoms with Gasteiger partial charge in [-0.2, -0.15) is 0 Å². The minimum Gasteiger partial charge on any atom is -0.497 e. The summed E-state index contributed by atoms with van der Waals surface area (Å²) in [7, 11) is 1.60. The third kappa shape index (κ3) is 4.05. The van der Waals surface area contributed by atoms with Crippen molar-refractivity contribution in [1.82, 2.24) is 9.97 Å². The summed E-state index contributed by atoms with van der Waals surface area (Å²) >= 11 is 0. The first-order valence-corrected chi connectivity index (χ1v) is 9.13. The molecular formula is C23H17FN2O4. The van der Waals surface area contributed by atoms with E-state index in [0.717, 1.165) is 11.3 Å². The Morgan fingerprint density at radius 2 is 1.67 bits per heavy atom. The van der Waals surface area contributed by atoms with E-state index < -0.39 is 24.2 Å². The van der Waals surface area contributed by atoms with Gasteiger partial charge in [0.1, 0.15) is 17.4 Å². The van der Waals surface area contributed by atoms with Gasteiger partial charge in [0.2, 0.25) is 0 Å². The Morgan fingerprint density at radius 1 is 0.967 bits per heavy atom. The van der Waals surface area contributed by atoms with E-state index in [1.54, 1.807) is 25.3 Å². The predicted molar refractivity (Wildman–Crippen MR) is 109 cm³/mol. The Labute approximate surface area is 171 Å². The second-order valence-electron chi connectivity index (χ2n) is 6.55. The first-order chi connectivity index (χ1) is 14.5.